The van der Waals surface area contributed by atoms with Gasteiger partial charge in [0.15, 0.2) is 0 Å². The molecule has 2 heterocycles. The fraction of sp³-hybridized carbons (Fsp3) is 0.292. The van der Waals surface area contributed by atoms with Crippen molar-refractivity contribution in [3.05, 3.63) is 83.1 Å². The highest BCUT2D eigenvalue weighted by molar-refractivity contribution is 6.33. The van der Waals surface area contributed by atoms with Gasteiger partial charge < -0.3 is 9.80 Å². The Morgan fingerprint density at radius 1 is 1.00 bits per heavy atom. The first-order valence-electron chi connectivity index (χ1n) is 10.6. The van der Waals surface area contributed by atoms with Crippen LogP contribution in [0.2, 0.25) is 5.02 Å². The maximum atomic E-state index is 12.7. The van der Waals surface area contributed by atoms with Crippen molar-refractivity contribution < 1.29 is 9.59 Å². The van der Waals surface area contributed by atoms with Gasteiger partial charge in [-0.25, -0.2) is 4.68 Å². The Hall–Kier alpha value is -3.16. The largest absolute Gasteiger partial charge is 0.340 e. The highest BCUT2D eigenvalue weighted by Gasteiger charge is 2.25. The van der Waals surface area contributed by atoms with Crippen LogP contribution in [0.25, 0.3) is 5.69 Å². The van der Waals surface area contributed by atoms with E-state index in [0.29, 0.717) is 49.9 Å². The summed E-state index contributed by atoms with van der Waals surface area (Å²) in [6, 6.07) is 17.0. The van der Waals surface area contributed by atoms with Gasteiger partial charge in [-0.15, -0.1) is 0 Å². The van der Waals surface area contributed by atoms with E-state index >= 15 is 0 Å². The molecule has 1 aliphatic heterocycles. The van der Waals surface area contributed by atoms with Gasteiger partial charge in [-0.2, -0.15) is 5.10 Å². The SMILES string of the molecule is CN(Cc1cnn(-c2ccccc2)c1)C(=O)CN1CCN(C(=O)c2ccccc2Cl)CC1. The number of piperazine rings is 1. The molecular weight excluding hydrogens is 426 g/mol. The van der Waals surface area contributed by atoms with Gasteiger partial charge in [-0.3, -0.25) is 14.5 Å². The summed E-state index contributed by atoms with van der Waals surface area (Å²) in [5, 5.41) is 4.86. The van der Waals surface area contributed by atoms with Crippen LogP contribution in [0.15, 0.2) is 67.0 Å². The van der Waals surface area contributed by atoms with E-state index in [2.05, 4.69) is 10.00 Å². The topological polar surface area (TPSA) is 61.7 Å². The number of amides is 2. The van der Waals surface area contributed by atoms with Crippen LogP contribution in [0.4, 0.5) is 0 Å². The maximum absolute atomic E-state index is 12.7. The van der Waals surface area contributed by atoms with Crippen LogP contribution >= 0.6 is 11.6 Å². The second kappa shape index (κ2) is 9.97. The van der Waals surface area contributed by atoms with E-state index in [-0.39, 0.29) is 11.8 Å². The summed E-state index contributed by atoms with van der Waals surface area (Å²) in [5.74, 6) is -0.0162. The first kappa shape index (κ1) is 22.0. The molecule has 0 bridgehead atoms. The normalized spacial score (nSPS) is 14.4. The molecule has 0 aliphatic carbocycles. The molecule has 166 valence electrons. The molecule has 0 unspecified atom stereocenters. The first-order chi connectivity index (χ1) is 15.5. The molecule has 1 fully saturated rings. The van der Waals surface area contributed by atoms with Crippen molar-refractivity contribution in [2.75, 3.05) is 39.8 Å². The molecule has 0 saturated carbocycles. The predicted molar refractivity (Wildman–Crippen MR) is 124 cm³/mol. The summed E-state index contributed by atoms with van der Waals surface area (Å²) in [6.45, 7) is 3.29. The average molecular weight is 452 g/mol. The third-order valence-corrected chi connectivity index (χ3v) is 5.95. The van der Waals surface area contributed by atoms with Gasteiger partial charge in [-0.05, 0) is 24.3 Å². The first-order valence-corrected chi connectivity index (χ1v) is 11.0. The minimum Gasteiger partial charge on any atom is -0.340 e. The van der Waals surface area contributed by atoms with Gasteiger partial charge in [0.05, 0.1) is 29.0 Å². The summed E-state index contributed by atoms with van der Waals surface area (Å²) in [7, 11) is 1.80. The van der Waals surface area contributed by atoms with Gasteiger partial charge in [-0.1, -0.05) is 41.9 Å². The Balaban J connectivity index is 1.26. The van der Waals surface area contributed by atoms with Crippen molar-refractivity contribution in [2.24, 2.45) is 0 Å². The molecule has 0 spiro atoms. The molecule has 1 aliphatic rings. The molecule has 7 nitrogen and oxygen atoms in total. The van der Waals surface area contributed by atoms with Crippen LogP contribution in [0.3, 0.4) is 0 Å². The van der Waals surface area contributed by atoms with E-state index in [0.717, 1.165) is 11.3 Å². The summed E-state index contributed by atoms with van der Waals surface area (Å²) >= 11 is 6.16. The average Bonchev–Trinajstić information content (AvgIpc) is 3.28. The number of halogens is 1. The van der Waals surface area contributed by atoms with Gasteiger partial charge in [0, 0.05) is 51.5 Å². The quantitative estimate of drug-likeness (QED) is 0.578. The van der Waals surface area contributed by atoms with Crippen LogP contribution in [0.1, 0.15) is 15.9 Å². The van der Waals surface area contributed by atoms with Gasteiger partial charge in [0.25, 0.3) is 5.91 Å². The van der Waals surface area contributed by atoms with Crippen LogP contribution in [-0.4, -0.2) is 76.1 Å². The van der Waals surface area contributed by atoms with E-state index in [1.54, 1.807) is 35.2 Å². The second-order valence-electron chi connectivity index (χ2n) is 7.93. The van der Waals surface area contributed by atoms with E-state index in [9.17, 15) is 9.59 Å². The zero-order chi connectivity index (χ0) is 22.5. The smallest absolute Gasteiger partial charge is 0.255 e. The Labute approximate surface area is 192 Å². The molecular formula is C24H26ClN5O2. The molecule has 1 aromatic heterocycles. The number of para-hydroxylation sites is 1. The number of hydrogen-bond acceptors (Lipinski definition) is 4. The summed E-state index contributed by atoms with van der Waals surface area (Å²) in [6.07, 6.45) is 3.73. The minimum absolute atomic E-state index is 0.0448. The number of likely N-dealkylation sites (N-methyl/N-ethyl adjacent to an activating group) is 1. The molecule has 4 rings (SSSR count). The van der Waals surface area contributed by atoms with E-state index < -0.39 is 0 Å². The van der Waals surface area contributed by atoms with Crippen molar-refractivity contribution in [2.45, 2.75) is 6.54 Å². The van der Waals surface area contributed by atoms with Gasteiger partial charge >= 0.3 is 0 Å². The lowest BCUT2D eigenvalue weighted by molar-refractivity contribution is -0.132. The van der Waals surface area contributed by atoms with E-state index in [1.165, 1.54) is 0 Å². The monoisotopic (exact) mass is 451 g/mol. The number of hydrogen-bond donors (Lipinski definition) is 0. The fourth-order valence-corrected chi connectivity index (χ4v) is 3.97. The minimum atomic E-state index is -0.0610. The molecule has 0 N–H and O–H groups in total. The lowest BCUT2D eigenvalue weighted by Crippen LogP contribution is -2.51. The molecule has 0 atom stereocenters. The molecule has 3 aromatic rings. The number of carbonyl (C=O) groups is 2. The third kappa shape index (κ3) is 5.18. The number of rotatable bonds is 6. The van der Waals surface area contributed by atoms with Crippen LogP contribution < -0.4 is 0 Å². The third-order valence-electron chi connectivity index (χ3n) is 5.62. The zero-order valence-electron chi connectivity index (χ0n) is 18.0. The molecule has 2 aromatic carbocycles. The highest BCUT2D eigenvalue weighted by atomic mass is 35.5. The van der Waals surface area contributed by atoms with Crippen molar-refractivity contribution in [1.82, 2.24) is 24.5 Å². The van der Waals surface area contributed by atoms with Crippen molar-refractivity contribution in [3.8, 4) is 5.69 Å². The van der Waals surface area contributed by atoms with Crippen molar-refractivity contribution in [3.63, 3.8) is 0 Å². The van der Waals surface area contributed by atoms with Gasteiger partial charge in [0.2, 0.25) is 5.91 Å². The lowest BCUT2D eigenvalue weighted by Gasteiger charge is -2.35. The van der Waals surface area contributed by atoms with Crippen LogP contribution in [0.5, 0.6) is 0 Å². The zero-order valence-corrected chi connectivity index (χ0v) is 18.8. The van der Waals surface area contributed by atoms with E-state index in [4.69, 9.17) is 11.6 Å². The molecule has 8 heteroatoms. The standard InChI is InChI=1S/C24H26ClN5O2/c1-27(16-19-15-26-30(17-19)20-7-3-2-4-8-20)23(31)18-28-11-13-29(14-12-28)24(32)21-9-5-6-10-22(21)25/h2-10,15,17H,11-14,16,18H2,1H3. The predicted octanol–water partition coefficient (Wildman–Crippen LogP) is 2.94. The Bertz CT molecular complexity index is 1080. The van der Waals surface area contributed by atoms with E-state index in [1.807, 2.05) is 53.3 Å². The number of aromatic nitrogens is 2. The van der Waals surface area contributed by atoms with Crippen LogP contribution in [0, 0.1) is 0 Å². The Kier molecular flexibility index (Phi) is 6.87. The molecule has 1 saturated heterocycles. The lowest BCUT2D eigenvalue weighted by atomic mass is 10.2. The second-order valence-corrected chi connectivity index (χ2v) is 8.33. The fourth-order valence-electron chi connectivity index (χ4n) is 3.75. The van der Waals surface area contributed by atoms with Gasteiger partial charge in [0.1, 0.15) is 0 Å². The summed E-state index contributed by atoms with van der Waals surface area (Å²) in [5.41, 5.74) is 2.48. The summed E-state index contributed by atoms with van der Waals surface area (Å²) in [4.78, 5) is 31.0. The van der Waals surface area contributed by atoms with Crippen molar-refractivity contribution in [1.29, 1.82) is 0 Å². The maximum Gasteiger partial charge on any atom is 0.255 e. The Morgan fingerprint density at radius 3 is 2.41 bits per heavy atom. The molecule has 2 amide bonds. The molecule has 32 heavy (non-hydrogen) atoms. The van der Waals surface area contributed by atoms with Crippen molar-refractivity contribution >= 4 is 23.4 Å². The van der Waals surface area contributed by atoms with Crippen LogP contribution in [-0.2, 0) is 11.3 Å². The summed E-state index contributed by atoms with van der Waals surface area (Å²) < 4.78 is 1.81. The molecule has 0 radical (unpaired) electrons. The number of carbonyl (C=O) groups excluding carboxylic acids is 2. The number of nitrogens with zero attached hydrogens (tertiary/aromatic N) is 5. The number of benzene rings is 2. The Morgan fingerprint density at radius 2 is 1.69 bits per heavy atom. The highest BCUT2D eigenvalue weighted by Crippen LogP contribution is 2.18.